The normalized spacial score (nSPS) is 11.5. The smallest absolute Gasteiger partial charge is 0.172 e. The van der Waals surface area contributed by atoms with E-state index in [1.54, 1.807) is 0 Å². The predicted molar refractivity (Wildman–Crippen MR) is 235 cm³/mol. The standard InChI is InChI=1S/C41H37.C8H8.C5H5.2ClH.Zr/c1-40(2,3)38-24-34-28(22-36(38)32-19-11-15-26-13-7-9-17-30(26)32)21-29-23-37(39(25-35(29)34)41(4,5)6)33-20-12-16-27-14-8-10-18-31(27)33;1-2-8-6-4-3-5-7-8;1-2-4-5-3-1;;;/h7-20,22,24-25H,21H2,1-6H3;1,3-7H,2H2;1-5H;2*1H;/q-1;;-1;;;+2/p-2. The zero-order chi connectivity index (χ0) is 38.6. The van der Waals surface area contributed by atoms with Gasteiger partial charge in [-0.1, -0.05) is 161 Å². The van der Waals surface area contributed by atoms with Gasteiger partial charge in [0.05, 0.1) is 0 Å². The maximum absolute atomic E-state index is 4.00. The summed E-state index contributed by atoms with van der Waals surface area (Å²) in [6, 6.07) is 62.9. The molecule has 9 rings (SSSR count). The van der Waals surface area contributed by atoms with Gasteiger partial charge < -0.3 is 24.8 Å². The van der Waals surface area contributed by atoms with Gasteiger partial charge in [-0.05, 0) is 55.7 Å². The minimum Gasteiger partial charge on any atom is -0.214 e. The van der Waals surface area contributed by atoms with Crippen LogP contribution in [0.2, 0.25) is 0 Å². The van der Waals surface area contributed by atoms with Crippen molar-refractivity contribution in [2.75, 3.05) is 0 Å². The van der Waals surface area contributed by atoms with Gasteiger partial charge in [0, 0.05) is 0 Å². The molecule has 0 atom stereocenters. The summed E-state index contributed by atoms with van der Waals surface area (Å²) in [5.41, 5.74) is 14.8. The predicted octanol–water partition coefficient (Wildman–Crippen LogP) is 8.28. The molecule has 57 heavy (non-hydrogen) atoms. The summed E-state index contributed by atoms with van der Waals surface area (Å²) in [5.74, 6) is 0. The van der Waals surface area contributed by atoms with Crippen molar-refractivity contribution >= 4 is 25.3 Å². The van der Waals surface area contributed by atoms with Crippen LogP contribution in [-0.2, 0) is 47.9 Å². The Morgan fingerprint density at radius 3 is 1.63 bits per heavy atom. The fraction of sp³-hybridized carbons (Fsp3) is 0.185. The van der Waals surface area contributed by atoms with Crippen LogP contribution in [0.1, 0.15) is 69.4 Å². The first-order valence-corrected chi connectivity index (χ1v) is 20.9. The molecule has 286 valence electrons. The van der Waals surface area contributed by atoms with E-state index in [1.807, 2.05) is 36.4 Å². The maximum atomic E-state index is 4.00. The maximum Gasteiger partial charge on any atom is -0.172 e. The molecule has 0 bridgehead atoms. The van der Waals surface area contributed by atoms with E-state index in [2.05, 4.69) is 179 Å². The van der Waals surface area contributed by atoms with E-state index in [-0.39, 0.29) is 35.6 Å². The molecule has 0 aliphatic heterocycles. The summed E-state index contributed by atoms with van der Waals surface area (Å²) in [5, 5.41) is 5.17. The number of benzene rings is 7. The summed E-state index contributed by atoms with van der Waals surface area (Å²) in [6.07, 6.45) is 2.04. The Labute approximate surface area is 367 Å². The van der Waals surface area contributed by atoms with E-state index < -0.39 is 0 Å². The average Bonchev–Trinajstić information content (AvgIpc) is 3.89. The molecule has 1 aliphatic carbocycles. The summed E-state index contributed by atoms with van der Waals surface area (Å²) < 4.78 is 2.25. The molecule has 0 unspecified atom stereocenters. The van der Waals surface area contributed by atoms with Gasteiger partial charge in [0.25, 0.3) is 0 Å². The molecule has 0 amide bonds. The van der Waals surface area contributed by atoms with Crippen molar-refractivity contribution in [3.05, 3.63) is 198 Å². The molecule has 0 N–H and O–H groups in total. The topological polar surface area (TPSA) is 0 Å². The number of hydrogen-bond acceptors (Lipinski definition) is 0. The molecule has 8 aromatic rings. The second-order valence-corrected chi connectivity index (χ2v) is 17.6. The fourth-order valence-corrected chi connectivity index (χ4v) is 8.38. The van der Waals surface area contributed by atoms with Gasteiger partial charge in [-0.3, -0.25) is 0 Å². The first kappa shape index (κ1) is 43.9. The SMILES string of the molecule is CC(C)(C)c1cc2c([c-]c1-c1cccc3ccccc13)Cc1cc(-c3cccc4ccccc34)c(C(C)(C)C)cc1-2.[Cl-].[Cl-].[Zr+2]=[CH]Cc1ccccc1.c1cc[cH-]c1. The molecule has 1 aliphatic rings. The van der Waals surface area contributed by atoms with E-state index in [1.165, 1.54) is 107 Å². The first-order valence-electron chi connectivity index (χ1n) is 19.5. The molecular weight excluding hydrogens is 811 g/mol. The second-order valence-electron chi connectivity index (χ2n) is 16.6. The van der Waals surface area contributed by atoms with Crippen LogP contribution in [0.25, 0.3) is 54.9 Å². The van der Waals surface area contributed by atoms with Crippen molar-refractivity contribution in [3.8, 4) is 33.4 Å². The number of hydrogen-bond donors (Lipinski definition) is 0. The van der Waals surface area contributed by atoms with Gasteiger partial charge in [-0.2, -0.15) is 18.2 Å². The van der Waals surface area contributed by atoms with E-state index >= 15 is 0 Å². The Bertz CT molecular complexity index is 2400. The molecule has 0 nitrogen and oxygen atoms in total. The van der Waals surface area contributed by atoms with Crippen molar-refractivity contribution in [1.82, 2.24) is 0 Å². The zero-order valence-corrected chi connectivity index (χ0v) is 37.8. The average molecular weight is 861 g/mol. The van der Waals surface area contributed by atoms with E-state index in [0.717, 1.165) is 12.8 Å². The van der Waals surface area contributed by atoms with E-state index in [0.29, 0.717) is 0 Å². The van der Waals surface area contributed by atoms with Gasteiger partial charge in [-0.25, -0.2) is 12.1 Å². The first-order chi connectivity index (χ1) is 26.5. The molecule has 0 aromatic heterocycles. The minimum atomic E-state index is -0.0175. The Balaban J connectivity index is 0.000000327. The Kier molecular flexibility index (Phi) is 14.6. The Morgan fingerprint density at radius 1 is 0.544 bits per heavy atom. The van der Waals surface area contributed by atoms with Crippen molar-refractivity contribution in [3.63, 3.8) is 0 Å². The van der Waals surface area contributed by atoms with Crippen molar-refractivity contribution in [1.29, 1.82) is 0 Å². The van der Waals surface area contributed by atoms with Crippen molar-refractivity contribution < 1.29 is 49.0 Å². The number of halogens is 2. The van der Waals surface area contributed by atoms with E-state index in [9.17, 15) is 0 Å². The third-order valence-electron chi connectivity index (χ3n) is 10.6. The fourth-order valence-electron chi connectivity index (χ4n) is 7.80. The number of fused-ring (bicyclic) bond motifs is 5. The summed E-state index contributed by atoms with van der Waals surface area (Å²) >= 11 is 1.51. The Hall–Kier alpha value is -4.26. The van der Waals surface area contributed by atoms with Gasteiger partial charge in [-0.15, -0.1) is 28.8 Å². The molecule has 0 saturated carbocycles. The molecule has 0 radical (unpaired) electrons. The summed E-state index contributed by atoms with van der Waals surface area (Å²) in [7, 11) is 0. The molecule has 0 saturated heterocycles. The third kappa shape index (κ3) is 9.90. The monoisotopic (exact) mass is 858 g/mol. The van der Waals surface area contributed by atoms with Crippen LogP contribution in [0.15, 0.2) is 164 Å². The van der Waals surface area contributed by atoms with Gasteiger partial charge >= 0.3 is 70.3 Å². The van der Waals surface area contributed by atoms with Crippen LogP contribution in [-0.4, -0.2) is 3.71 Å². The van der Waals surface area contributed by atoms with Crippen LogP contribution in [0, 0.1) is 6.07 Å². The largest absolute Gasteiger partial charge is 0.214 e. The van der Waals surface area contributed by atoms with E-state index in [4.69, 9.17) is 0 Å². The molecule has 0 spiro atoms. The molecular formula is C54H50Cl2Zr-2. The van der Waals surface area contributed by atoms with Crippen molar-refractivity contribution in [2.45, 2.75) is 65.2 Å². The van der Waals surface area contributed by atoms with Gasteiger partial charge in [0.2, 0.25) is 0 Å². The van der Waals surface area contributed by atoms with Gasteiger partial charge in [0.1, 0.15) is 0 Å². The summed E-state index contributed by atoms with van der Waals surface area (Å²) in [4.78, 5) is 0. The minimum absolute atomic E-state index is 0. The van der Waals surface area contributed by atoms with Crippen molar-refractivity contribution in [2.24, 2.45) is 0 Å². The summed E-state index contributed by atoms with van der Waals surface area (Å²) in [6.45, 7) is 14.0. The zero-order valence-electron chi connectivity index (χ0n) is 33.8. The molecule has 8 aromatic carbocycles. The Morgan fingerprint density at radius 2 is 1.07 bits per heavy atom. The van der Waals surface area contributed by atoms with Crippen LogP contribution < -0.4 is 24.8 Å². The van der Waals surface area contributed by atoms with Crippen LogP contribution in [0.5, 0.6) is 0 Å². The third-order valence-corrected chi connectivity index (χ3v) is 11.1. The van der Waals surface area contributed by atoms with Crippen LogP contribution in [0.3, 0.4) is 0 Å². The second kappa shape index (κ2) is 19.0. The van der Waals surface area contributed by atoms with Crippen LogP contribution >= 0.6 is 0 Å². The number of rotatable bonds is 4. The van der Waals surface area contributed by atoms with Crippen LogP contribution in [0.4, 0.5) is 0 Å². The molecule has 0 fully saturated rings. The van der Waals surface area contributed by atoms with Gasteiger partial charge in [0.15, 0.2) is 0 Å². The molecule has 3 heteroatoms. The molecule has 0 heterocycles. The quantitative estimate of drug-likeness (QED) is 0.157.